The Morgan fingerprint density at radius 2 is 1.84 bits per heavy atom. The second-order valence-corrected chi connectivity index (χ2v) is 4.98. The summed E-state index contributed by atoms with van der Waals surface area (Å²) < 4.78 is 0. The number of aromatic nitrogens is 1. The molecule has 98 valence electrons. The molecule has 0 spiro atoms. The lowest BCUT2D eigenvalue weighted by molar-refractivity contribution is 0.0992. The molecule has 0 radical (unpaired) electrons. The summed E-state index contributed by atoms with van der Waals surface area (Å²) >= 11 is 0. The second-order valence-electron chi connectivity index (χ2n) is 4.98. The fourth-order valence-corrected chi connectivity index (χ4v) is 2.43. The van der Waals surface area contributed by atoms with Crippen LogP contribution in [-0.4, -0.2) is 10.8 Å². The SMILES string of the molecule is CCc1cnccc1C(=O)Cc1cc(C)cc(C)c1. The number of aryl methyl sites for hydroxylation is 3. The van der Waals surface area contributed by atoms with Gasteiger partial charge in [0.15, 0.2) is 5.78 Å². The van der Waals surface area contributed by atoms with Crippen molar-refractivity contribution >= 4 is 5.78 Å². The molecule has 1 aromatic heterocycles. The highest BCUT2D eigenvalue weighted by atomic mass is 16.1. The van der Waals surface area contributed by atoms with Gasteiger partial charge in [-0.15, -0.1) is 0 Å². The predicted molar refractivity (Wildman–Crippen MR) is 77.6 cm³/mol. The lowest BCUT2D eigenvalue weighted by Crippen LogP contribution is -2.07. The van der Waals surface area contributed by atoms with Gasteiger partial charge in [-0.25, -0.2) is 0 Å². The van der Waals surface area contributed by atoms with E-state index in [1.807, 2.05) is 13.0 Å². The van der Waals surface area contributed by atoms with Crippen molar-refractivity contribution in [2.75, 3.05) is 0 Å². The van der Waals surface area contributed by atoms with E-state index in [0.29, 0.717) is 6.42 Å². The van der Waals surface area contributed by atoms with Gasteiger partial charge in [0, 0.05) is 24.4 Å². The average Bonchev–Trinajstić information content (AvgIpc) is 2.37. The standard InChI is InChI=1S/C17H19NO/c1-4-15-11-18-6-5-16(15)17(19)10-14-8-12(2)7-13(3)9-14/h5-9,11H,4,10H2,1-3H3. The Bertz CT molecular complexity index is 582. The van der Waals surface area contributed by atoms with Gasteiger partial charge in [-0.1, -0.05) is 36.2 Å². The Hall–Kier alpha value is -1.96. The minimum absolute atomic E-state index is 0.171. The minimum Gasteiger partial charge on any atom is -0.294 e. The van der Waals surface area contributed by atoms with Crippen LogP contribution in [0, 0.1) is 13.8 Å². The van der Waals surface area contributed by atoms with Gasteiger partial charge >= 0.3 is 0 Å². The molecule has 0 aliphatic heterocycles. The van der Waals surface area contributed by atoms with Crippen molar-refractivity contribution in [3.05, 3.63) is 64.5 Å². The Balaban J connectivity index is 2.25. The van der Waals surface area contributed by atoms with Crippen molar-refractivity contribution in [3.63, 3.8) is 0 Å². The first kappa shape index (κ1) is 13.5. The number of pyridine rings is 1. The molecule has 2 heteroatoms. The van der Waals surface area contributed by atoms with Crippen LogP contribution in [0.25, 0.3) is 0 Å². The van der Waals surface area contributed by atoms with E-state index in [4.69, 9.17) is 0 Å². The third kappa shape index (κ3) is 3.28. The molecular weight excluding hydrogens is 234 g/mol. The van der Waals surface area contributed by atoms with Gasteiger partial charge in [0.1, 0.15) is 0 Å². The van der Waals surface area contributed by atoms with Crippen molar-refractivity contribution in [3.8, 4) is 0 Å². The van der Waals surface area contributed by atoms with E-state index in [9.17, 15) is 4.79 Å². The van der Waals surface area contributed by atoms with Crippen molar-refractivity contribution in [2.45, 2.75) is 33.6 Å². The molecule has 2 aromatic rings. The third-order valence-corrected chi connectivity index (χ3v) is 3.23. The quantitative estimate of drug-likeness (QED) is 0.778. The van der Waals surface area contributed by atoms with E-state index in [1.165, 1.54) is 11.1 Å². The van der Waals surface area contributed by atoms with Crippen molar-refractivity contribution in [2.24, 2.45) is 0 Å². The fraction of sp³-hybridized carbons (Fsp3) is 0.294. The molecular formula is C17H19NO. The molecule has 0 N–H and O–H groups in total. The van der Waals surface area contributed by atoms with Gasteiger partial charge in [-0.3, -0.25) is 9.78 Å². The van der Waals surface area contributed by atoms with Crippen molar-refractivity contribution in [1.82, 2.24) is 4.98 Å². The molecule has 0 saturated carbocycles. The summed E-state index contributed by atoms with van der Waals surface area (Å²) in [5, 5.41) is 0. The van der Waals surface area contributed by atoms with Crippen molar-refractivity contribution < 1.29 is 4.79 Å². The normalized spacial score (nSPS) is 10.5. The number of Topliss-reactive ketones (excluding diaryl/α,β-unsaturated/α-hetero) is 1. The number of benzene rings is 1. The van der Waals surface area contributed by atoms with Crippen LogP contribution in [0.2, 0.25) is 0 Å². The number of hydrogen-bond donors (Lipinski definition) is 0. The zero-order valence-electron chi connectivity index (χ0n) is 11.7. The number of rotatable bonds is 4. The molecule has 1 heterocycles. The van der Waals surface area contributed by atoms with Gasteiger partial charge in [0.05, 0.1) is 0 Å². The van der Waals surface area contributed by atoms with Gasteiger partial charge in [-0.05, 0) is 37.5 Å². The maximum absolute atomic E-state index is 12.4. The summed E-state index contributed by atoms with van der Waals surface area (Å²) in [5.74, 6) is 0.171. The molecule has 19 heavy (non-hydrogen) atoms. The van der Waals surface area contributed by atoms with Crippen molar-refractivity contribution in [1.29, 1.82) is 0 Å². The van der Waals surface area contributed by atoms with E-state index in [-0.39, 0.29) is 5.78 Å². The first-order valence-electron chi connectivity index (χ1n) is 6.63. The maximum Gasteiger partial charge on any atom is 0.167 e. The van der Waals surface area contributed by atoms with E-state index >= 15 is 0 Å². The molecule has 0 fully saturated rings. The summed E-state index contributed by atoms with van der Waals surface area (Å²) in [6.45, 7) is 6.17. The van der Waals surface area contributed by atoms with Crippen LogP contribution in [0.4, 0.5) is 0 Å². The molecule has 0 aliphatic carbocycles. The average molecular weight is 253 g/mol. The Morgan fingerprint density at radius 3 is 2.47 bits per heavy atom. The van der Waals surface area contributed by atoms with Gasteiger partial charge in [0.25, 0.3) is 0 Å². The summed E-state index contributed by atoms with van der Waals surface area (Å²) in [5.41, 5.74) is 5.32. The van der Waals surface area contributed by atoms with Gasteiger partial charge in [-0.2, -0.15) is 0 Å². The van der Waals surface area contributed by atoms with Crippen LogP contribution in [-0.2, 0) is 12.8 Å². The highest BCUT2D eigenvalue weighted by Crippen LogP contribution is 2.14. The summed E-state index contributed by atoms with van der Waals surface area (Å²) in [6, 6.07) is 8.11. The zero-order valence-corrected chi connectivity index (χ0v) is 11.7. The number of carbonyl (C=O) groups excluding carboxylic acids is 1. The highest BCUT2D eigenvalue weighted by Gasteiger charge is 2.11. The van der Waals surface area contributed by atoms with Crippen LogP contribution in [0.1, 0.15) is 39.5 Å². The second kappa shape index (κ2) is 5.79. The van der Waals surface area contributed by atoms with Crippen LogP contribution in [0.15, 0.2) is 36.7 Å². The zero-order chi connectivity index (χ0) is 13.8. The number of hydrogen-bond acceptors (Lipinski definition) is 2. The molecule has 0 aliphatic rings. The first-order chi connectivity index (χ1) is 9.10. The van der Waals surface area contributed by atoms with Crippen LogP contribution < -0.4 is 0 Å². The van der Waals surface area contributed by atoms with Gasteiger partial charge < -0.3 is 0 Å². The van der Waals surface area contributed by atoms with E-state index in [0.717, 1.165) is 23.1 Å². The predicted octanol–water partition coefficient (Wildman–Crippen LogP) is 3.69. The monoisotopic (exact) mass is 253 g/mol. The summed E-state index contributed by atoms with van der Waals surface area (Å²) in [4.78, 5) is 16.5. The fourth-order valence-electron chi connectivity index (χ4n) is 2.43. The van der Waals surface area contributed by atoms with Crippen LogP contribution in [0.3, 0.4) is 0 Å². The highest BCUT2D eigenvalue weighted by molar-refractivity contribution is 5.98. The van der Waals surface area contributed by atoms with Gasteiger partial charge in [0.2, 0.25) is 0 Å². The molecule has 0 saturated heterocycles. The third-order valence-electron chi connectivity index (χ3n) is 3.23. The number of ketones is 1. The van der Waals surface area contributed by atoms with Crippen LogP contribution >= 0.6 is 0 Å². The molecule has 0 amide bonds. The molecule has 2 rings (SSSR count). The molecule has 1 aromatic carbocycles. The Labute approximate surface area is 114 Å². The lowest BCUT2D eigenvalue weighted by atomic mass is 9.97. The van der Waals surface area contributed by atoms with Crippen LogP contribution in [0.5, 0.6) is 0 Å². The Morgan fingerprint density at radius 1 is 1.16 bits per heavy atom. The Kier molecular flexibility index (Phi) is 4.10. The molecule has 0 bridgehead atoms. The van der Waals surface area contributed by atoms with E-state index in [2.05, 4.69) is 37.0 Å². The molecule has 2 nitrogen and oxygen atoms in total. The summed E-state index contributed by atoms with van der Waals surface area (Å²) in [7, 11) is 0. The maximum atomic E-state index is 12.4. The van der Waals surface area contributed by atoms with E-state index < -0.39 is 0 Å². The van der Waals surface area contributed by atoms with E-state index in [1.54, 1.807) is 12.4 Å². The first-order valence-corrected chi connectivity index (χ1v) is 6.63. The summed E-state index contributed by atoms with van der Waals surface area (Å²) in [6.07, 6.45) is 4.77. The molecule has 0 atom stereocenters. The number of nitrogens with zero attached hydrogens (tertiary/aromatic N) is 1. The smallest absolute Gasteiger partial charge is 0.167 e. The largest absolute Gasteiger partial charge is 0.294 e. The number of carbonyl (C=O) groups is 1. The lowest BCUT2D eigenvalue weighted by Gasteiger charge is -2.07. The molecule has 0 unspecified atom stereocenters. The topological polar surface area (TPSA) is 30.0 Å². The minimum atomic E-state index is 0.171.